The lowest BCUT2D eigenvalue weighted by Crippen LogP contribution is -2.31. The van der Waals surface area contributed by atoms with E-state index in [-0.39, 0.29) is 5.91 Å². The monoisotopic (exact) mass is 705 g/mol. The van der Waals surface area contributed by atoms with E-state index >= 15 is 0 Å². The molecule has 9 nitrogen and oxygen atoms in total. The number of carboxylic acids is 1. The molecule has 0 radical (unpaired) electrons. The first kappa shape index (κ1) is 39.3. The Kier molecular flexibility index (Phi) is 15.9. The highest BCUT2D eigenvalue weighted by molar-refractivity contribution is 5.92. The van der Waals surface area contributed by atoms with Crippen molar-refractivity contribution in [2.24, 2.45) is 0 Å². The van der Waals surface area contributed by atoms with Crippen molar-refractivity contribution in [1.82, 2.24) is 14.9 Å². The van der Waals surface area contributed by atoms with E-state index in [9.17, 15) is 14.4 Å². The van der Waals surface area contributed by atoms with Crippen LogP contribution < -0.4 is 4.74 Å². The fraction of sp³-hybridized carbons (Fsp3) is 0.349. The van der Waals surface area contributed by atoms with Gasteiger partial charge >= 0.3 is 11.9 Å². The second-order valence-corrected chi connectivity index (χ2v) is 12.6. The zero-order valence-electron chi connectivity index (χ0n) is 30.6. The van der Waals surface area contributed by atoms with Crippen LogP contribution in [0.2, 0.25) is 0 Å². The molecular formula is C43H51N3O6. The number of unbranched alkanes of at least 4 members (excludes halogenated alkanes) is 6. The lowest BCUT2D eigenvalue weighted by Gasteiger charge is -2.21. The molecule has 0 aliphatic heterocycles. The number of aromatic nitrogens is 2. The average molecular weight is 706 g/mol. The lowest BCUT2D eigenvalue weighted by molar-refractivity contribution is -0.139. The molecule has 0 aliphatic carbocycles. The number of esters is 1. The van der Waals surface area contributed by atoms with Crippen LogP contribution in [-0.4, -0.2) is 64.1 Å². The van der Waals surface area contributed by atoms with Crippen molar-refractivity contribution in [2.45, 2.75) is 72.1 Å². The smallest absolute Gasteiger partial charge is 0.341 e. The number of H-pyrrole nitrogens is 1. The molecule has 0 spiro atoms. The van der Waals surface area contributed by atoms with E-state index < -0.39 is 18.5 Å². The molecule has 0 unspecified atom stereocenters. The third kappa shape index (κ3) is 12.4. The summed E-state index contributed by atoms with van der Waals surface area (Å²) in [6.45, 7) is 7.63. The molecule has 1 amide bonds. The Bertz CT molecular complexity index is 1760. The fourth-order valence-electron chi connectivity index (χ4n) is 5.71. The second kappa shape index (κ2) is 21.0. The predicted molar refractivity (Wildman–Crippen MR) is 208 cm³/mol. The fourth-order valence-corrected chi connectivity index (χ4v) is 5.71. The van der Waals surface area contributed by atoms with Gasteiger partial charge in [-0.2, -0.15) is 0 Å². The number of carbonyl (C=O) groups is 3. The second-order valence-electron chi connectivity index (χ2n) is 12.6. The van der Waals surface area contributed by atoms with Gasteiger partial charge in [0.05, 0.1) is 18.0 Å². The van der Waals surface area contributed by atoms with E-state index in [0.717, 1.165) is 72.3 Å². The zero-order chi connectivity index (χ0) is 37.1. The van der Waals surface area contributed by atoms with Gasteiger partial charge in [-0.1, -0.05) is 101 Å². The van der Waals surface area contributed by atoms with Gasteiger partial charge in [-0.25, -0.2) is 14.6 Å². The van der Waals surface area contributed by atoms with Gasteiger partial charge in [-0.3, -0.25) is 4.79 Å². The van der Waals surface area contributed by atoms with E-state index in [1.807, 2.05) is 71.6 Å². The van der Waals surface area contributed by atoms with E-state index in [0.29, 0.717) is 23.9 Å². The number of nitrogens with zero attached hydrogens (tertiary/aromatic N) is 2. The number of imidazole rings is 1. The van der Waals surface area contributed by atoms with Gasteiger partial charge in [0.1, 0.15) is 11.6 Å². The largest absolute Gasteiger partial charge is 0.482 e. The number of ether oxygens (including phenoxy) is 2. The predicted octanol–water partition coefficient (Wildman–Crippen LogP) is 9.45. The normalized spacial score (nSPS) is 11.3. The van der Waals surface area contributed by atoms with Gasteiger partial charge in [0, 0.05) is 41.9 Å². The van der Waals surface area contributed by atoms with Crippen LogP contribution in [0.15, 0.2) is 84.9 Å². The lowest BCUT2D eigenvalue weighted by atomic mass is 10.0. The minimum atomic E-state index is -1.05. The Morgan fingerprint density at radius 1 is 0.712 bits per heavy atom. The topological polar surface area (TPSA) is 122 Å². The highest BCUT2D eigenvalue weighted by atomic mass is 16.5. The number of nitrogens with one attached hydrogen (secondary N) is 1. The Labute approximate surface area is 307 Å². The summed E-state index contributed by atoms with van der Waals surface area (Å²) in [6, 6.07) is 22.8. The molecule has 0 saturated carbocycles. The minimum Gasteiger partial charge on any atom is -0.482 e. The molecule has 3 aromatic carbocycles. The van der Waals surface area contributed by atoms with Gasteiger partial charge in [0.2, 0.25) is 5.91 Å². The number of carboxylic acid groups (broad SMARTS) is 1. The summed E-state index contributed by atoms with van der Waals surface area (Å²) >= 11 is 0. The molecule has 4 rings (SSSR count). The van der Waals surface area contributed by atoms with Gasteiger partial charge in [-0.05, 0) is 67.3 Å². The molecule has 1 heterocycles. The molecule has 4 aromatic rings. The van der Waals surface area contributed by atoms with Gasteiger partial charge in [0.15, 0.2) is 6.61 Å². The van der Waals surface area contributed by atoms with Crippen molar-refractivity contribution >= 4 is 30.0 Å². The molecule has 0 fully saturated rings. The van der Waals surface area contributed by atoms with Gasteiger partial charge < -0.3 is 24.5 Å². The number of aliphatic carboxylic acids is 1. The van der Waals surface area contributed by atoms with E-state index in [1.165, 1.54) is 31.8 Å². The van der Waals surface area contributed by atoms with Gasteiger partial charge in [-0.15, -0.1) is 0 Å². The van der Waals surface area contributed by atoms with Crippen LogP contribution in [0.1, 0.15) is 83.3 Å². The Morgan fingerprint density at radius 2 is 1.27 bits per heavy atom. The molecular weight excluding hydrogens is 654 g/mol. The van der Waals surface area contributed by atoms with Crippen molar-refractivity contribution in [3.05, 3.63) is 96.1 Å². The molecule has 9 heteroatoms. The number of rotatable bonds is 21. The Hall–Kier alpha value is -5.44. The highest BCUT2D eigenvalue weighted by Crippen LogP contribution is 2.34. The first-order valence-corrected chi connectivity index (χ1v) is 18.4. The van der Waals surface area contributed by atoms with Crippen molar-refractivity contribution < 1.29 is 29.0 Å². The molecule has 0 bridgehead atoms. The summed E-state index contributed by atoms with van der Waals surface area (Å²) in [4.78, 5) is 46.4. The molecule has 0 saturated heterocycles. The highest BCUT2D eigenvalue weighted by Gasteiger charge is 2.16. The third-order valence-corrected chi connectivity index (χ3v) is 8.57. The van der Waals surface area contributed by atoms with Crippen LogP contribution in [0.3, 0.4) is 0 Å². The molecule has 0 atom stereocenters. The zero-order valence-corrected chi connectivity index (χ0v) is 30.6. The van der Waals surface area contributed by atoms with Crippen molar-refractivity contribution in [1.29, 1.82) is 0 Å². The van der Waals surface area contributed by atoms with Crippen LogP contribution in [0.4, 0.5) is 0 Å². The average Bonchev–Trinajstić information content (AvgIpc) is 3.61. The van der Waals surface area contributed by atoms with E-state index in [1.54, 1.807) is 31.2 Å². The maximum atomic E-state index is 13.2. The number of benzene rings is 3. The molecule has 1 aromatic heterocycles. The standard InChI is InChI=1S/C43H51N3O6/c1-4-7-9-11-29-46(30-12-10-8-5-2)38(47)27-17-32-13-19-34(20-14-32)41-42(35-23-25-37(26-24-35)52-31-39(48)49)45-43(44-41)36-21-15-33(16-22-36)18-28-40(50)51-6-3/h13-28H,4-12,29-31H2,1-3H3,(H,44,45)(H,48,49)/b27-17+,28-18+. The van der Waals surface area contributed by atoms with E-state index in [4.69, 9.17) is 19.6 Å². The van der Waals surface area contributed by atoms with Crippen molar-refractivity contribution in [2.75, 3.05) is 26.3 Å². The van der Waals surface area contributed by atoms with Crippen LogP contribution in [0, 0.1) is 0 Å². The molecule has 2 N–H and O–H groups in total. The maximum Gasteiger partial charge on any atom is 0.341 e. The molecule has 0 aliphatic rings. The number of amides is 1. The number of hydrogen-bond donors (Lipinski definition) is 2. The Balaban J connectivity index is 1.57. The summed E-state index contributed by atoms with van der Waals surface area (Å²) in [7, 11) is 0. The maximum absolute atomic E-state index is 13.2. The summed E-state index contributed by atoms with van der Waals surface area (Å²) in [5, 5.41) is 8.99. The molecule has 274 valence electrons. The summed E-state index contributed by atoms with van der Waals surface area (Å²) in [5.41, 5.74) is 5.87. The van der Waals surface area contributed by atoms with Gasteiger partial charge in [0.25, 0.3) is 0 Å². The first-order valence-electron chi connectivity index (χ1n) is 18.4. The number of carbonyl (C=O) groups excluding carboxylic acids is 2. The molecule has 52 heavy (non-hydrogen) atoms. The van der Waals surface area contributed by atoms with Crippen LogP contribution >= 0.6 is 0 Å². The quantitative estimate of drug-likeness (QED) is 0.0503. The number of aromatic amines is 1. The minimum absolute atomic E-state index is 0.0516. The summed E-state index contributed by atoms with van der Waals surface area (Å²) in [6.07, 6.45) is 15.7. The van der Waals surface area contributed by atoms with Crippen LogP contribution in [0.5, 0.6) is 5.75 Å². The van der Waals surface area contributed by atoms with Crippen LogP contribution in [0.25, 0.3) is 46.1 Å². The first-order chi connectivity index (χ1) is 25.3. The summed E-state index contributed by atoms with van der Waals surface area (Å²) < 4.78 is 10.3. The summed E-state index contributed by atoms with van der Waals surface area (Å²) in [5.74, 6) is -0.283. The third-order valence-electron chi connectivity index (χ3n) is 8.57. The number of hydrogen-bond acceptors (Lipinski definition) is 6. The SMILES string of the molecule is CCCCCCN(CCCCCC)C(=O)/C=C/c1ccc(-c2[nH]c(-c3ccc(/C=C/C(=O)OCC)cc3)nc2-c2ccc(OCC(=O)O)cc2)cc1. The van der Waals surface area contributed by atoms with Crippen molar-refractivity contribution in [3.63, 3.8) is 0 Å². The van der Waals surface area contributed by atoms with Crippen LogP contribution in [-0.2, 0) is 19.1 Å². The van der Waals surface area contributed by atoms with Crippen molar-refractivity contribution in [3.8, 4) is 39.7 Å². The Morgan fingerprint density at radius 3 is 1.83 bits per heavy atom. The van der Waals surface area contributed by atoms with E-state index in [2.05, 4.69) is 18.8 Å².